The maximum Gasteiger partial charge on any atom is 0.155 e. The van der Waals surface area contributed by atoms with Gasteiger partial charge in [0.2, 0.25) is 0 Å². The van der Waals surface area contributed by atoms with Crippen LogP contribution < -0.4 is 0 Å². The third-order valence-corrected chi connectivity index (χ3v) is 3.01. The Morgan fingerprint density at radius 3 is 3.18 bits per heavy atom. The average Bonchev–Trinajstić information content (AvgIpc) is 2.34. The molecule has 0 aromatic carbocycles. The molecule has 0 amide bonds. The Morgan fingerprint density at radius 2 is 2.36 bits per heavy atom. The van der Waals surface area contributed by atoms with Crippen molar-refractivity contribution in [2.24, 2.45) is 11.8 Å². The van der Waals surface area contributed by atoms with Gasteiger partial charge >= 0.3 is 0 Å². The van der Waals surface area contributed by atoms with E-state index in [-0.39, 0.29) is 0 Å². The first-order valence-corrected chi connectivity index (χ1v) is 4.50. The Morgan fingerprint density at radius 1 is 1.55 bits per heavy atom. The minimum absolute atomic E-state index is 0.352. The summed E-state index contributed by atoms with van der Waals surface area (Å²) in [5, 5.41) is 0. The third kappa shape index (κ3) is 1.13. The summed E-state index contributed by atoms with van der Waals surface area (Å²) < 4.78 is 0. The van der Waals surface area contributed by atoms with Crippen molar-refractivity contribution in [3.8, 4) is 0 Å². The van der Waals surface area contributed by atoms with Gasteiger partial charge in [0.25, 0.3) is 0 Å². The molecular formula is C10H14O. The number of hydrogen-bond acceptors (Lipinski definition) is 1. The van der Waals surface area contributed by atoms with Crippen molar-refractivity contribution in [1.29, 1.82) is 0 Å². The summed E-state index contributed by atoms with van der Waals surface area (Å²) in [5.41, 5.74) is 1.44. The van der Waals surface area contributed by atoms with Crippen molar-refractivity contribution >= 4 is 5.78 Å². The first kappa shape index (κ1) is 7.08. The molecule has 2 unspecified atom stereocenters. The van der Waals surface area contributed by atoms with Crippen LogP contribution in [0.5, 0.6) is 0 Å². The monoisotopic (exact) mass is 150 g/mol. The van der Waals surface area contributed by atoms with E-state index in [0.717, 1.165) is 12.3 Å². The van der Waals surface area contributed by atoms with Crippen LogP contribution in [0.2, 0.25) is 0 Å². The van der Waals surface area contributed by atoms with E-state index in [1.165, 1.54) is 24.8 Å². The normalized spacial score (nSPS) is 36.8. The molecule has 2 atom stereocenters. The van der Waals surface area contributed by atoms with E-state index in [1.807, 2.05) is 6.08 Å². The van der Waals surface area contributed by atoms with Crippen molar-refractivity contribution in [2.45, 2.75) is 32.6 Å². The van der Waals surface area contributed by atoms with Crippen LogP contribution in [0.3, 0.4) is 0 Å². The second-order valence-electron chi connectivity index (χ2n) is 3.87. The highest BCUT2D eigenvalue weighted by molar-refractivity contribution is 5.91. The fourth-order valence-electron chi connectivity index (χ4n) is 2.45. The lowest BCUT2D eigenvalue weighted by Gasteiger charge is -2.23. The summed E-state index contributed by atoms with van der Waals surface area (Å²) in [6, 6.07) is 0. The average molecular weight is 150 g/mol. The van der Waals surface area contributed by atoms with Crippen molar-refractivity contribution in [3.63, 3.8) is 0 Å². The molecule has 0 spiro atoms. The standard InChI is InChI=1S/C10H14O/c1-7-5-9(11)6-8-3-2-4-10(7)8/h6-7,10H,2-5H2,1H3. The number of fused-ring (bicyclic) bond motifs is 1. The van der Waals surface area contributed by atoms with Gasteiger partial charge in [-0.3, -0.25) is 4.79 Å². The smallest absolute Gasteiger partial charge is 0.155 e. The first-order valence-electron chi connectivity index (χ1n) is 4.50. The Kier molecular flexibility index (Phi) is 1.59. The van der Waals surface area contributed by atoms with Crippen LogP contribution in [0.25, 0.3) is 0 Å². The summed E-state index contributed by atoms with van der Waals surface area (Å²) in [6.07, 6.45) is 6.49. The van der Waals surface area contributed by atoms with E-state index in [0.29, 0.717) is 11.7 Å². The van der Waals surface area contributed by atoms with E-state index in [1.54, 1.807) is 0 Å². The SMILES string of the molecule is CC1CC(=O)C=C2CCCC21. The van der Waals surface area contributed by atoms with E-state index >= 15 is 0 Å². The van der Waals surface area contributed by atoms with Crippen LogP contribution in [0.4, 0.5) is 0 Å². The molecule has 0 bridgehead atoms. The Labute approximate surface area is 67.5 Å². The van der Waals surface area contributed by atoms with Gasteiger partial charge in [0, 0.05) is 6.42 Å². The first-order chi connectivity index (χ1) is 5.27. The lowest BCUT2D eigenvalue weighted by atomic mass is 9.81. The zero-order valence-corrected chi connectivity index (χ0v) is 6.97. The molecule has 11 heavy (non-hydrogen) atoms. The predicted octanol–water partition coefficient (Wildman–Crippen LogP) is 2.32. The van der Waals surface area contributed by atoms with Crippen LogP contribution in [-0.2, 0) is 4.79 Å². The number of ketones is 1. The highest BCUT2D eigenvalue weighted by atomic mass is 16.1. The number of allylic oxidation sites excluding steroid dienone is 2. The molecular weight excluding hydrogens is 136 g/mol. The zero-order valence-electron chi connectivity index (χ0n) is 6.97. The molecule has 1 fully saturated rings. The van der Waals surface area contributed by atoms with Crippen LogP contribution in [0, 0.1) is 11.8 Å². The minimum Gasteiger partial charge on any atom is -0.295 e. The fourth-order valence-corrected chi connectivity index (χ4v) is 2.45. The van der Waals surface area contributed by atoms with E-state index in [2.05, 4.69) is 6.92 Å². The molecule has 2 aliphatic carbocycles. The molecule has 0 radical (unpaired) electrons. The van der Waals surface area contributed by atoms with Crippen LogP contribution in [-0.4, -0.2) is 5.78 Å². The Hall–Kier alpha value is -0.590. The molecule has 1 saturated carbocycles. The van der Waals surface area contributed by atoms with Crippen molar-refractivity contribution < 1.29 is 4.79 Å². The van der Waals surface area contributed by atoms with Gasteiger partial charge < -0.3 is 0 Å². The quantitative estimate of drug-likeness (QED) is 0.518. The summed E-state index contributed by atoms with van der Waals surface area (Å²) in [4.78, 5) is 11.1. The highest BCUT2D eigenvalue weighted by Crippen LogP contribution is 2.40. The van der Waals surface area contributed by atoms with Crippen LogP contribution in [0.15, 0.2) is 11.6 Å². The predicted molar refractivity (Wildman–Crippen MR) is 44.2 cm³/mol. The Balaban J connectivity index is 2.27. The third-order valence-electron chi connectivity index (χ3n) is 3.01. The van der Waals surface area contributed by atoms with Gasteiger partial charge in [-0.05, 0) is 37.2 Å². The second kappa shape index (κ2) is 2.47. The van der Waals surface area contributed by atoms with Gasteiger partial charge in [0.05, 0.1) is 0 Å². The molecule has 1 heteroatoms. The molecule has 0 saturated heterocycles. The minimum atomic E-state index is 0.352. The number of hydrogen-bond donors (Lipinski definition) is 0. The molecule has 2 rings (SSSR count). The van der Waals surface area contributed by atoms with Gasteiger partial charge in [-0.1, -0.05) is 12.5 Å². The number of carbonyl (C=O) groups is 1. The number of rotatable bonds is 0. The molecule has 60 valence electrons. The number of carbonyl (C=O) groups excluding carboxylic acids is 1. The topological polar surface area (TPSA) is 17.1 Å². The summed E-state index contributed by atoms with van der Waals surface area (Å²) in [7, 11) is 0. The largest absolute Gasteiger partial charge is 0.295 e. The zero-order chi connectivity index (χ0) is 7.84. The Bertz CT molecular complexity index is 215. The second-order valence-corrected chi connectivity index (χ2v) is 3.87. The van der Waals surface area contributed by atoms with Gasteiger partial charge in [-0.2, -0.15) is 0 Å². The van der Waals surface area contributed by atoms with Crippen molar-refractivity contribution in [3.05, 3.63) is 11.6 Å². The molecule has 1 nitrogen and oxygen atoms in total. The maximum atomic E-state index is 11.1. The summed E-state index contributed by atoms with van der Waals surface area (Å²) >= 11 is 0. The van der Waals surface area contributed by atoms with Crippen molar-refractivity contribution in [1.82, 2.24) is 0 Å². The van der Waals surface area contributed by atoms with E-state index in [4.69, 9.17) is 0 Å². The van der Waals surface area contributed by atoms with Crippen LogP contribution >= 0.6 is 0 Å². The van der Waals surface area contributed by atoms with Gasteiger partial charge in [-0.15, -0.1) is 0 Å². The van der Waals surface area contributed by atoms with Crippen molar-refractivity contribution in [2.75, 3.05) is 0 Å². The molecule has 0 aliphatic heterocycles. The van der Waals surface area contributed by atoms with Crippen LogP contribution in [0.1, 0.15) is 32.6 Å². The van der Waals surface area contributed by atoms with Gasteiger partial charge in [0.15, 0.2) is 5.78 Å². The van der Waals surface area contributed by atoms with Gasteiger partial charge in [0.1, 0.15) is 0 Å². The maximum absolute atomic E-state index is 11.1. The highest BCUT2D eigenvalue weighted by Gasteiger charge is 2.30. The fraction of sp³-hybridized carbons (Fsp3) is 0.700. The van der Waals surface area contributed by atoms with E-state index in [9.17, 15) is 4.79 Å². The summed E-state index contributed by atoms with van der Waals surface area (Å²) in [5.74, 6) is 1.73. The lowest BCUT2D eigenvalue weighted by Crippen LogP contribution is -2.19. The van der Waals surface area contributed by atoms with E-state index < -0.39 is 0 Å². The molecule has 0 aromatic heterocycles. The van der Waals surface area contributed by atoms with Gasteiger partial charge in [-0.25, -0.2) is 0 Å². The lowest BCUT2D eigenvalue weighted by molar-refractivity contribution is -0.116. The molecule has 2 aliphatic rings. The summed E-state index contributed by atoms with van der Waals surface area (Å²) in [6.45, 7) is 2.21. The molecule has 0 aromatic rings. The molecule has 0 N–H and O–H groups in total. The molecule has 0 heterocycles.